The average Bonchev–Trinajstić information content (AvgIpc) is 2.67. The molecule has 1 aliphatic rings. The van der Waals surface area contributed by atoms with Gasteiger partial charge < -0.3 is 14.8 Å². The molecule has 2 aromatic rings. The molecule has 0 saturated carbocycles. The number of esters is 1. The van der Waals surface area contributed by atoms with Crippen molar-refractivity contribution < 1.29 is 19.1 Å². The molecule has 1 heterocycles. The Morgan fingerprint density at radius 2 is 1.86 bits per heavy atom. The third-order valence-electron chi connectivity index (χ3n) is 4.37. The second-order valence-corrected chi connectivity index (χ2v) is 7.07. The zero-order valence-corrected chi connectivity index (χ0v) is 16.7. The van der Waals surface area contributed by atoms with Crippen LogP contribution in [-0.2, 0) is 14.3 Å². The molecule has 1 atom stereocenters. The molecule has 146 valence electrons. The number of amides is 1. The third-order valence-corrected chi connectivity index (χ3v) is 5.21. The maximum atomic E-state index is 12.7. The average molecular weight is 420 g/mol. The predicted molar refractivity (Wildman–Crippen MR) is 108 cm³/mol. The van der Waals surface area contributed by atoms with Crippen LogP contribution < -0.4 is 10.1 Å². The van der Waals surface area contributed by atoms with Gasteiger partial charge in [-0.05, 0) is 30.7 Å². The summed E-state index contributed by atoms with van der Waals surface area (Å²) >= 11 is 12.4. The minimum atomic E-state index is -0.525. The molecule has 0 spiro atoms. The summed E-state index contributed by atoms with van der Waals surface area (Å²) in [5.41, 5.74) is 1.44. The SMILES string of the molecule is CC1=C(C(=O)OCCOc2ccccc2)[C@@H](c2cccc(Cl)c2Cl)CC(=O)N1. The Bertz CT molecular complexity index is 912. The van der Waals surface area contributed by atoms with Gasteiger partial charge in [-0.1, -0.05) is 53.5 Å². The van der Waals surface area contributed by atoms with E-state index < -0.39 is 11.9 Å². The van der Waals surface area contributed by atoms with E-state index in [9.17, 15) is 9.59 Å². The fraction of sp³-hybridized carbons (Fsp3) is 0.238. The van der Waals surface area contributed by atoms with Crippen LogP contribution in [0.5, 0.6) is 5.75 Å². The summed E-state index contributed by atoms with van der Waals surface area (Å²) < 4.78 is 10.9. The molecule has 0 aromatic heterocycles. The van der Waals surface area contributed by atoms with Crippen LogP contribution in [0, 0.1) is 0 Å². The van der Waals surface area contributed by atoms with Gasteiger partial charge in [0.15, 0.2) is 0 Å². The van der Waals surface area contributed by atoms with Gasteiger partial charge in [-0.25, -0.2) is 4.79 Å². The molecule has 3 rings (SSSR count). The minimum Gasteiger partial charge on any atom is -0.490 e. The minimum absolute atomic E-state index is 0.0778. The second-order valence-electron chi connectivity index (χ2n) is 6.28. The summed E-state index contributed by atoms with van der Waals surface area (Å²) in [6.45, 7) is 1.96. The van der Waals surface area contributed by atoms with E-state index in [0.717, 1.165) is 0 Å². The lowest BCUT2D eigenvalue weighted by Gasteiger charge is -2.27. The van der Waals surface area contributed by atoms with E-state index in [4.69, 9.17) is 32.7 Å². The molecular weight excluding hydrogens is 401 g/mol. The van der Waals surface area contributed by atoms with Gasteiger partial charge in [0, 0.05) is 18.0 Å². The Kier molecular flexibility index (Phi) is 6.60. The lowest BCUT2D eigenvalue weighted by molar-refractivity contribution is -0.140. The molecule has 0 radical (unpaired) electrons. The van der Waals surface area contributed by atoms with Gasteiger partial charge in [-0.2, -0.15) is 0 Å². The largest absolute Gasteiger partial charge is 0.490 e. The van der Waals surface area contributed by atoms with Crippen LogP contribution in [0.3, 0.4) is 0 Å². The van der Waals surface area contributed by atoms with E-state index in [0.29, 0.717) is 32.6 Å². The van der Waals surface area contributed by atoms with E-state index in [1.165, 1.54) is 0 Å². The monoisotopic (exact) mass is 419 g/mol. The number of allylic oxidation sites excluding steroid dienone is 1. The van der Waals surface area contributed by atoms with Crippen LogP contribution in [0.1, 0.15) is 24.8 Å². The molecule has 0 saturated heterocycles. The number of nitrogens with one attached hydrogen (secondary N) is 1. The van der Waals surface area contributed by atoms with Crippen molar-refractivity contribution in [2.24, 2.45) is 0 Å². The van der Waals surface area contributed by atoms with Gasteiger partial charge >= 0.3 is 5.97 Å². The summed E-state index contributed by atoms with van der Waals surface area (Å²) in [5.74, 6) is -0.539. The first-order valence-electron chi connectivity index (χ1n) is 8.77. The fourth-order valence-electron chi connectivity index (χ4n) is 3.12. The maximum Gasteiger partial charge on any atom is 0.336 e. The number of rotatable bonds is 6. The Balaban J connectivity index is 1.73. The Hall–Kier alpha value is -2.50. The van der Waals surface area contributed by atoms with Gasteiger partial charge in [-0.3, -0.25) is 4.79 Å². The highest BCUT2D eigenvalue weighted by Gasteiger charge is 2.34. The topological polar surface area (TPSA) is 64.6 Å². The number of halogens is 2. The van der Waals surface area contributed by atoms with E-state index >= 15 is 0 Å². The maximum absolute atomic E-state index is 12.7. The quantitative estimate of drug-likeness (QED) is 0.553. The number of hydrogen-bond acceptors (Lipinski definition) is 4. The van der Waals surface area contributed by atoms with E-state index in [-0.39, 0.29) is 25.5 Å². The van der Waals surface area contributed by atoms with Crippen molar-refractivity contribution in [3.63, 3.8) is 0 Å². The van der Waals surface area contributed by atoms with Crippen LogP contribution in [0.2, 0.25) is 10.0 Å². The third kappa shape index (κ3) is 4.66. The highest BCUT2D eigenvalue weighted by molar-refractivity contribution is 6.42. The van der Waals surface area contributed by atoms with Crippen molar-refractivity contribution in [3.05, 3.63) is 75.4 Å². The molecule has 5 nitrogen and oxygen atoms in total. The van der Waals surface area contributed by atoms with Crippen molar-refractivity contribution in [2.45, 2.75) is 19.3 Å². The smallest absolute Gasteiger partial charge is 0.336 e. The molecule has 28 heavy (non-hydrogen) atoms. The predicted octanol–water partition coefficient (Wildman–Crippen LogP) is 4.49. The number of para-hydroxylation sites is 1. The van der Waals surface area contributed by atoms with Gasteiger partial charge in [0.25, 0.3) is 0 Å². The number of hydrogen-bond donors (Lipinski definition) is 1. The standard InChI is InChI=1S/C21H19Cl2NO4/c1-13-19(21(26)28-11-10-27-14-6-3-2-4-7-14)16(12-18(25)24-13)15-8-5-9-17(22)20(15)23/h2-9,16H,10-12H2,1H3,(H,24,25)/t16-/m1/s1. The van der Waals surface area contributed by atoms with Crippen LogP contribution in [0.4, 0.5) is 0 Å². The van der Waals surface area contributed by atoms with Crippen LogP contribution in [0.25, 0.3) is 0 Å². The molecule has 1 aliphatic heterocycles. The zero-order chi connectivity index (χ0) is 20.1. The molecule has 0 aliphatic carbocycles. The molecule has 2 aromatic carbocycles. The van der Waals surface area contributed by atoms with Crippen molar-refractivity contribution in [1.82, 2.24) is 5.32 Å². The first-order valence-corrected chi connectivity index (χ1v) is 9.52. The van der Waals surface area contributed by atoms with Gasteiger partial charge in [0.2, 0.25) is 5.91 Å². The summed E-state index contributed by atoms with van der Waals surface area (Å²) in [6, 6.07) is 14.4. The number of carbonyl (C=O) groups excluding carboxylic acids is 2. The van der Waals surface area contributed by atoms with E-state index in [2.05, 4.69) is 5.32 Å². The summed E-state index contributed by atoms with van der Waals surface area (Å²) in [7, 11) is 0. The van der Waals surface area contributed by atoms with Crippen molar-refractivity contribution in [3.8, 4) is 5.75 Å². The Labute approximate surface area is 173 Å². The zero-order valence-electron chi connectivity index (χ0n) is 15.2. The first kappa shape index (κ1) is 20.2. The molecule has 1 amide bonds. The lowest BCUT2D eigenvalue weighted by Crippen LogP contribution is -2.34. The number of ether oxygens (including phenoxy) is 2. The Morgan fingerprint density at radius 1 is 1.11 bits per heavy atom. The summed E-state index contributed by atoms with van der Waals surface area (Å²) in [6.07, 6.45) is 0.0857. The molecular formula is C21H19Cl2NO4. The van der Waals surface area contributed by atoms with Crippen molar-refractivity contribution in [2.75, 3.05) is 13.2 Å². The van der Waals surface area contributed by atoms with E-state index in [1.807, 2.05) is 30.3 Å². The van der Waals surface area contributed by atoms with Crippen LogP contribution >= 0.6 is 23.2 Å². The second kappa shape index (κ2) is 9.13. The van der Waals surface area contributed by atoms with Gasteiger partial charge in [-0.15, -0.1) is 0 Å². The highest BCUT2D eigenvalue weighted by Crippen LogP contribution is 2.39. The van der Waals surface area contributed by atoms with Crippen molar-refractivity contribution in [1.29, 1.82) is 0 Å². The van der Waals surface area contributed by atoms with Crippen LogP contribution in [0.15, 0.2) is 59.8 Å². The van der Waals surface area contributed by atoms with Crippen LogP contribution in [-0.4, -0.2) is 25.1 Å². The molecule has 0 unspecified atom stereocenters. The molecule has 0 fully saturated rings. The van der Waals surface area contributed by atoms with Gasteiger partial charge in [0.1, 0.15) is 19.0 Å². The number of benzene rings is 2. The lowest BCUT2D eigenvalue weighted by atomic mass is 9.84. The fourth-order valence-corrected chi connectivity index (χ4v) is 3.55. The molecule has 0 bridgehead atoms. The first-order chi connectivity index (χ1) is 13.5. The van der Waals surface area contributed by atoms with Gasteiger partial charge in [0.05, 0.1) is 15.6 Å². The normalized spacial score (nSPS) is 16.5. The van der Waals surface area contributed by atoms with Crippen molar-refractivity contribution >= 4 is 35.1 Å². The Morgan fingerprint density at radius 3 is 2.61 bits per heavy atom. The summed E-state index contributed by atoms with van der Waals surface area (Å²) in [4.78, 5) is 24.8. The number of carbonyl (C=O) groups is 2. The molecule has 1 N–H and O–H groups in total. The highest BCUT2D eigenvalue weighted by atomic mass is 35.5. The summed E-state index contributed by atoms with van der Waals surface area (Å²) in [5, 5.41) is 3.39. The van der Waals surface area contributed by atoms with E-state index in [1.54, 1.807) is 25.1 Å². The molecule has 7 heteroatoms.